The minimum atomic E-state index is -2.48. The molecule has 1 fully saturated rings. The van der Waals surface area contributed by atoms with Gasteiger partial charge in [-0.25, -0.2) is 8.78 Å². The molecule has 3 nitrogen and oxygen atoms in total. The van der Waals surface area contributed by atoms with Crippen molar-refractivity contribution in [1.29, 1.82) is 0 Å². The molecule has 1 N–H and O–H groups in total. The first-order chi connectivity index (χ1) is 9.74. The number of piperidine rings is 1. The highest BCUT2D eigenvalue weighted by atomic mass is 19.3. The quantitative estimate of drug-likeness (QED) is 0.925. The number of alkyl halides is 2. The van der Waals surface area contributed by atoms with Crippen molar-refractivity contribution in [3.8, 4) is 11.5 Å². The second-order valence-electron chi connectivity index (χ2n) is 5.42. The van der Waals surface area contributed by atoms with Crippen molar-refractivity contribution in [1.82, 2.24) is 5.32 Å². The topological polar surface area (TPSA) is 30.5 Å². The minimum Gasteiger partial charge on any atom is -0.486 e. The van der Waals surface area contributed by atoms with Crippen LogP contribution in [0.4, 0.5) is 8.78 Å². The summed E-state index contributed by atoms with van der Waals surface area (Å²) in [4.78, 5) is 0. The van der Waals surface area contributed by atoms with Crippen molar-refractivity contribution in [2.24, 2.45) is 5.92 Å². The summed E-state index contributed by atoms with van der Waals surface area (Å²) < 4.78 is 37.1. The van der Waals surface area contributed by atoms with E-state index in [9.17, 15) is 8.78 Å². The fraction of sp³-hybridized carbons (Fsp3) is 0.600. The van der Waals surface area contributed by atoms with Crippen LogP contribution >= 0.6 is 0 Å². The zero-order valence-corrected chi connectivity index (χ0v) is 11.3. The van der Waals surface area contributed by atoms with Gasteiger partial charge in [0.15, 0.2) is 11.5 Å². The molecule has 0 saturated carbocycles. The van der Waals surface area contributed by atoms with E-state index in [1.807, 2.05) is 0 Å². The molecule has 0 aliphatic carbocycles. The van der Waals surface area contributed by atoms with Crippen LogP contribution in [0, 0.1) is 5.92 Å². The predicted molar refractivity (Wildman–Crippen MR) is 71.7 cm³/mol. The highest BCUT2D eigenvalue weighted by Gasteiger charge is 2.23. The third-order valence-corrected chi connectivity index (χ3v) is 3.90. The van der Waals surface area contributed by atoms with Gasteiger partial charge in [0.2, 0.25) is 0 Å². The SMILES string of the molecule is FC(F)c1cc(CC2CCCNC2)c2c(c1)OCCO2. The molecule has 0 spiro atoms. The lowest BCUT2D eigenvalue weighted by Gasteiger charge is -2.26. The molecule has 2 heterocycles. The van der Waals surface area contributed by atoms with E-state index >= 15 is 0 Å². The summed E-state index contributed by atoms with van der Waals surface area (Å²) in [5.41, 5.74) is 0.874. The van der Waals surface area contributed by atoms with Crippen LogP contribution in [0.1, 0.15) is 30.4 Å². The molecule has 0 amide bonds. The van der Waals surface area contributed by atoms with Crippen molar-refractivity contribution in [2.75, 3.05) is 26.3 Å². The van der Waals surface area contributed by atoms with Crippen LogP contribution in [-0.4, -0.2) is 26.3 Å². The molecule has 1 saturated heterocycles. The van der Waals surface area contributed by atoms with Gasteiger partial charge in [-0.05, 0) is 56.0 Å². The zero-order valence-electron chi connectivity index (χ0n) is 11.3. The summed E-state index contributed by atoms with van der Waals surface area (Å²) >= 11 is 0. The van der Waals surface area contributed by atoms with E-state index in [0.29, 0.717) is 30.6 Å². The van der Waals surface area contributed by atoms with Crippen LogP contribution in [0.5, 0.6) is 11.5 Å². The van der Waals surface area contributed by atoms with E-state index in [1.54, 1.807) is 6.07 Å². The molecule has 1 aromatic rings. The molecule has 2 aliphatic heterocycles. The fourth-order valence-corrected chi connectivity index (χ4v) is 2.94. The van der Waals surface area contributed by atoms with E-state index in [1.165, 1.54) is 6.07 Å². The molecular formula is C15H19F2NO2. The number of halogens is 2. The van der Waals surface area contributed by atoms with Crippen molar-refractivity contribution in [2.45, 2.75) is 25.7 Å². The van der Waals surface area contributed by atoms with E-state index in [2.05, 4.69) is 5.32 Å². The highest BCUT2D eigenvalue weighted by Crippen LogP contribution is 2.39. The van der Waals surface area contributed by atoms with Gasteiger partial charge in [-0.2, -0.15) is 0 Å². The van der Waals surface area contributed by atoms with Gasteiger partial charge in [0.25, 0.3) is 6.43 Å². The first-order valence-corrected chi connectivity index (χ1v) is 7.15. The normalized spacial score (nSPS) is 22.1. The molecule has 20 heavy (non-hydrogen) atoms. The van der Waals surface area contributed by atoms with Gasteiger partial charge in [-0.1, -0.05) is 0 Å². The van der Waals surface area contributed by atoms with Gasteiger partial charge in [0.1, 0.15) is 13.2 Å². The molecular weight excluding hydrogens is 264 g/mol. The van der Waals surface area contributed by atoms with Gasteiger partial charge in [-0.3, -0.25) is 0 Å². The van der Waals surface area contributed by atoms with E-state index in [0.717, 1.165) is 37.9 Å². The number of nitrogens with one attached hydrogen (secondary N) is 1. The first kappa shape index (κ1) is 13.6. The molecule has 5 heteroatoms. The van der Waals surface area contributed by atoms with Crippen LogP contribution in [-0.2, 0) is 6.42 Å². The van der Waals surface area contributed by atoms with Crippen LogP contribution in [0.2, 0.25) is 0 Å². The minimum absolute atomic E-state index is 0.0213. The van der Waals surface area contributed by atoms with Gasteiger partial charge >= 0.3 is 0 Å². The average molecular weight is 283 g/mol. The summed E-state index contributed by atoms with van der Waals surface area (Å²) in [6.45, 7) is 2.89. The number of hydrogen-bond donors (Lipinski definition) is 1. The molecule has 0 aromatic heterocycles. The summed E-state index contributed by atoms with van der Waals surface area (Å²) in [6, 6.07) is 2.98. The van der Waals surface area contributed by atoms with Crippen molar-refractivity contribution in [3.05, 3.63) is 23.3 Å². The number of hydrogen-bond acceptors (Lipinski definition) is 3. The third kappa shape index (κ3) is 2.87. The molecule has 110 valence electrons. The molecule has 0 bridgehead atoms. The van der Waals surface area contributed by atoms with Crippen LogP contribution < -0.4 is 14.8 Å². The number of rotatable bonds is 3. The smallest absolute Gasteiger partial charge is 0.263 e. The van der Waals surface area contributed by atoms with Gasteiger partial charge in [0.05, 0.1) is 0 Å². The fourth-order valence-electron chi connectivity index (χ4n) is 2.94. The van der Waals surface area contributed by atoms with E-state index < -0.39 is 6.43 Å². The van der Waals surface area contributed by atoms with Gasteiger partial charge in [-0.15, -0.1) is 0 Å². The Morgan fingerprint density at radius 2 is 2.10 bits per heavy atom. The maximum atomic E-state index is 13.0. The molecule has 1 unspecified atom stereocenters. The lowest BCUT2D eigenvalue weighted by Crippen LogP contribution is -2.31. The van der Waals surface area contributed by atoms with Crippen molar-refractivity contribution < 1.29 is 18.3 Å². The lowest BCUT2D eigenvalue weighted by atomic mass is 9.91. The van der Waals surface area contributed by atoms with E-state index in [4.69, 9.17) is 9.47 Å². The average Bonchev–Trinajstić information content (AvgIpc) is 2.48. The Hall–Kier alpha value is -1.36. The third-order valence-electron chi connectivity index (χ3n) is 3.90. The number of benzene rings is 1. The Balaban J connectivity index is 1.88. The second kappa shape index (κ2) is 5.95. The lowest BCUT2D eigenvalue weighted by molar-refractivity contribution is 0.146. The Morgan fingerprint density at radius 1 is 1.25 bits per heavy atom. The van der Waals surface area contributed by atoms with Crippen LogP contribution in [0.15, 0.2) is 12.1 Å². The van der Waals surface area contributed by atoms with Gasteiger partial charge in [0, 0.05) is 5.56 Å². The second-order valence-corrected chi connectivity index (χ2v) is 5.42. The van der Waals surface area contributed by atoms with Crippen LogP contribution in [0.3, 0.4) is 0 Å². The molecule has 1 aromatic carbocycles. The number of fused-ring (bicyclic) bond motifs is 1. The Morgan fingerprint density at radius 3 is 2.85 bits per heavy atom. The highest BCUT2D eigenvalue weighted by molar-refractivity contribution is 5.50. The molecule has 1 atom stereocenters. The molecule has 0 radical (unpaired) electrons. The van der Waals surface area contributed by atoms with Gasteiger partial charge < -0.3 is 14.8 Å². The monoisotopic (exact) mass is 283 g/mol. The van der Waals surface area contributed by atoms with Crippen molar-refractivity contribution in [3.63, 3.8) is 0 Å². The standard InChI is InChI=1S/C15H19F2NO2/c16-15(17)12-7-11(6-10-2-1-3-18-9-10)14-13(8-12)19-4-5-20-14/h7-8,10,15,18H,1-6,9H2. The number of ether oxygens (including phenoxy) is 2. The maximum Gasteiger partial charge on any atom is 0.263 e. The first-order valence-electron chi connectivity index (χ1n) is 7.15. The summed E-state index contributed by atoms with van der Waals surface area (Å²) in [5, 5.41) is 3.35. The summed E-state index contributed by atoms with van der Waals surface area (Å²) in [6.07, 6.45) is 0.550. The maximum absolute atomic E-state index is 13.0. The Labute approximate surface area is 117 Å². The molecule has 2 aliphatic rings. The van der Waals surface area contributed by atoms with Crippen molar-refractivity contribution >= 4 is 0 Å². The predicted octanol–water partition coefficient (Wildman–Crippen LogP) is 2.94. The summed E-state index contributed by atoms with van der Waals surface area (Å²) in [5.74, 6) is 1.60. The van der Waals surface area contributed by atoms with E-state index in [-0.39, 0.29) is 5.56 Å². The summed E-state index contributed by atoms with van der Waals surface area (Å²) in [7, 11) is 0. The largest absolute Gasteiger partial charge is 0.486 e. The zero-order chi connectivity index (χ0) is 13.9. The molecule has 3 rings (SSSR count). The Bertz CT molecular complexity index is 473. The Kier molecular flexibility index (Phi) is 4.05. The van der Waals surface area contributed by atoms with Crippen LogP contribution in [0.25, 0.3) is 0 Å².